The summed E-state index contributed by atoms with van der Waals surface area (Å²) in [6.07, 6.45) is 0.532. The first-order valence-electron chi connectivity index (χ1n) is 7.38. The molecule has 0 spiro atoms. The average molecular weight is 362 g/mol. The van der Waals surface area contributed by atoms with Crippen molar-refractivity contribution >= 4 is 27.4 Å². The molecule has 3 rings (SSSR count). The molecule has 0 unspecified atom stereocenters. The second kappa shape index (κ2) is 6.17. The maximum atomic E-state index is 12.5. The zero-order valence-electron chi connectivity index (χ0n) is 13.2. The van der Waals surface area contributed by atoms with Crippen LogP contribution in [0.3, 0.4) is 0 Å². The third-order valence-electron chi connectivity index (χ3n) is 3.88. The summed E-state index contributed by atoms with van der Waals surface area (Å²) in [5, 5.41) is 11.0. The molecule has 2 aromatic carbocycles. The third kappa shape index (κ3) is 3.18. The van der Waals surface area contributed by atoms with Crippen molar-refractivity contribution in [2.24, 2.45) is 0 Å². The van der Waals surface area contributed by atoms with E-state index in [2.05, 4.69) is 0 Å². The molecule has 2 aromatic rings. The number of fused-ring (bicyclic) bond motifs is 1. The van der Waals surface area contributed by atoms with Crippen LogP contribution in [0.5, 0.6) is 5.75 Å². The summed E-state index contributed by atoms with van der Waals surface area (Å²) in [5.74, 6) is -0.469. The maximum absolute atomic E-state index is 12.5. The summed E-state index contributed by atoms with van der Waals surface area (Å²) in [4.78, 5) is 23.3. The van der Waals surface area contributed by atoms with E-state index in [-0.39, 0.29) is 16.6 Å². The van der Waals surface area contributed by atoms with Gasteiger partial charge in [-0.25, -0.2) is 0 Å². The fourth-order valence-electron chi connectivity index (χ4n) is 2.71. The molecule has 0 aliphatic carbocycles. The molecule has 130 valence electrons. The normalized spacial score (nSPS) is 13.4. The molecule has 1 heterocycles. The summed E-state index contributed by atoms with van der Waals surface area (Å²) in [5.41, 5.74) is 0.939. The average Bonchev–Trinajstić information content (AvgIpc) is 2.98. The predicted molar refractivity (Wildman–Crippen MR) is 89.1 cm³/mol. The lowest BCUT2D eigenvalue weighted by Gasteiger charge is -2.15. The molecule has 9 heteroatoms. The second-order valence-electron chi connectivity index (χ2n) is 5.47. The quantitative estimate of drug-likeness (QED) is 0.469. The van der Waals surface area contributed by atoms with Crippen LogP contribution in [0.4, 0.5) is 11.4 Å². The maximum Gasteiger partial charge on any atom is 0.339 e. The van der Waals surface area contributed by atoms with Gasteiger partial charge in [-0.2, -0.15) is 8.42 Å². The number of nitro groups is 1. The fraction of sp³-hybridized carbons (Fsp3) is 0.188. The van der Waals surface area contributed by atoms with E-state index in [9.17, 15) is 23.3 Å². The standard InChI is InChI=1S/C16H14N2O6S/c1-11(19)17-9-8-12-10-13(6-7-14(12)17)25(22,23)24-16-5-3-2-4-15(16)18(20)21/h2-7,10H,8-9H2,1H3. The van der Waals surface area contributed by atoms with Gasteiger partial charge in [0.1, 0.15) is 4.90 Å². The van der Waals surface area contributed by atoms with Gasteiger partial charge in [-0.05, 0) is 36.2 Å². The van der Waals surface area contributed by atoms with Gasteiger partial charge in [0.2, 0.25) is 11.7 Å². The van der Waals surface area contributed by atoms with Crippen molar-refractivity contribution in [1.82, 2.24) is 0 Å². The Morgan fingerprint density at radius 3 is 2.64 bits per heavy atom. The van der Waals surface area contributed by atoms with Gasteiger partial charge < -0.3 is 9.08 Å². The first-order valence-corrected chi connectivity index (χ1v) is 8.79. The van der Waals surface area contributed by atoms with E-state index in [1.807, 2.05) is 0 Å². The number of benzene rings is 2. The van der Waals surface area contributed by atoms with Crippen LogP contribution in [-0.2, 0) is 21.3 Å². The summed E-state index contributed by atoms with van der Waals surface area (Å²) < 4.78 is 29.9. The Hall–Kier alpha value is -2.94. The predicted octanol–water partition coefficient (Wildman–Crippen LogP) is 2.27. The van der Waals surface area contributed by atoms with Crippen LogP contribution in [0, 0.1) is 10.1 Å². The number of amides is 1. The molecule has 1 aliphatic rings. The van der Waals surface area contributed by atoms with Crippen LogP contribution in [0.25, 0.3) is 0 Å². The summed E-state index contributed by atoms with van der Waals surface area (Å²) in [7, 11) is -4.24. The van der Waals surface area contributed by atoms with Crippen LogP contribution >= 0.6 is 0 Å². The molecule has 8 nitrogen and oxygen atoms in total. The molecule has 0 saturated carbocycles. The number of rotatable bonds is 4. The van der Waals surface area contributed by atoms with Gasteiger partial charge in [0.25, 0.3) is 0 Å². The number of hydrogen-bond donors (Lipinski definition) is 0. The largest absolute Gasteiger partial charge is 0.372 e. The van der Waals surface area contributed by atoms with Crippen molar-refractivity contribution in [1.29, 1.82) is 0 Å². The van der Waals surface area contributed by atoms with Crippen LogP contribution in [0.2, 0.25) is 0 Å². The smallest absolute Gasteiger partial charge is 0.339 e. The minimum Gasteiger partial charge on any atom is -0.372 e. The lowest BCUT2D eigenvalue weighted by atomic mass is 10.2. The molecule has 0 atom stereocenters. The third-order valence-corrected chi connectivity index (χ3v) is 5.11. The minimum absolute atomic E-state index is 0.116. The molecular weight excluding hydrogens is 348 g/mol. The van der Waals surface area contributed by atoms with E-state index in [0.29, 0.717) is 24.2 Å². The van der Waals surface area contributed by atoms with Crippen LogP contribution in [-0.4, -0.2) is 25.8 Å². The zero-order chi connectivity index (χ0) is 18.2. The van der Waals surface area contributed by atoms with E-state index in [4.69, 9.17) is 4.18 Å². The van der Waals surface area contributed by atoms with Crippen molar-refractivity contribution in [3.05, 3.63) is 58.1 Å². The first-order chi connectivity index (χ1) is 11.8. The van der Waals surface area contributed by atoms with Crippen molar-refractivity contribution in [3.8, 4) is 5.75 Å². The highest BCUT2D eigenvalue weighted by Crippen LogP contribution is 2.33. The molecule has 0 fully saturated rings. The molecule has 0 N–H and O–H groups in total. The number of para-hydroxylation sites is 2. The Bertz CT molecular complexity index is 970. The topological polar surface area (TPSA) is 107 Å². The molecule has 0 saturated heterocycles. The van der Waals surface area contributed by atoms with Gasteiger partial charge in [-0.1, -0.05) is 12.1 Å². The Morgan fingerprint density at radius 1 is 1.24 bits per heavy atom. The number of anilines is 1. The lowest BCUT2D eigenvalue weighted by Crippen LogP contribution is -2.25. The highest BCUT2D eigenvalue weighted by molar-refractivity contribution is 7.87. The van der Waals surface area contributed by atoms with Gasteiger partial charge in [0, 0.05) is 25.2 Å². The number of carbonyl (C=O) groups excluding carboxylic acids is 1. The lowest BCUT2D eigenvalue weighted by molar-refractivity contribution is -0.385. The molecular formula is C16H14N2O6S. The van der Waals surface area contributed by atoms with Gasteiger partial charge in [0.05, 0.1) is 4.92 Å². The van der Waals surface area contributed by atoms with E-state index in [0.717, 1.165) is 6.07 Å². The number of nitrogens with zero attached hydrogens (tertiary/aromatic N) is 2. The van der Waals surface area contributed by atoms with Gasteiger partial charge >= 0.3 is 15.8 Å². The molecule has 0 aromatic heterocycles. The highest BCUT2D eigenvalue weighted by Gasteiger charge is 2.27. The Morgan fingerprint density at radius 2 is 1.96 bits per heavy atom. The second-order valence-corrected chi connectivity index (χ2v) is 7.02. The Kier molecular flexibility index (Phi) is 4.17. The Balaban J connectivity index is 1.95. The van der Waals surface area contributed by atoms with Crippen LogP contribution in [0.1, 0.15) is 12.5 Å². The van der Waals surface area contributed by atoms with Gasteiger partial charge in [-0.15, -0.1) is 0 Å². The SMILES string of the molecule is CC(=O)N1CCc2cc(S(=O)(=O)Oc3ccccc3[N+](=O)[O-])ccc21. The van der Waals surface area contributed by atoms with E-state index < -0.39 is 20.7 Å². The van der Waals surface area contributed by atoms with Crippen LogP contribution < -0.4 is 9.08 Å². The summed E-state index contributed by atoms with van der Waals surface area (Å²) in [6.45, 7) is 1.93. The number of carbonyl (C=O) groups is 1. The number of nitro benzene ring substituents is 1. The highest BCUT2D eigenvalue weighted by atomic mass is 32.2. The fourth-order valence-corrected chi connectivity index (χ4v) is 3.70. The summed E-state index contributed by atoms with van der Waals surface area (Å²) in [6, 6.07) is 9.55. The minimum atomic E-state index is -4.24. The van der Waals surface area contributed by atoms with E-state index in [1.165, 1.54) is 37.3 Å². The van der Waals surface area contributed by atoms with Crippen molar-refractivity contribution < 1.29 is 22.3 Å². The summed E-state index contributed by atoms with van der Waals surface area (Å²) >= 11 is 0. The zero-order valence-corrected chi connectivity index (χ0v) is 14.0. The molecule has 1 aliphatic heterocycles. The molecule has 25 heavy (non-hydrogen) atoms. The van der Waals surface area contributed by atoms with Gasteiger partial charge in [0.15, 0.2) is 0 Å². The molecule has 0 radical (unpaired) electrons. The van der Waals surface area contributed by atoms with Crippen LogP contribution in [0.15, 0.2) is 47.4 Å². The van der Waals surface area contributed by atoms with Crippen molar-refractivity contribution in [2.45, 2.75) is 18.2 Å². The molecule has 1 amide bonds. The monoisotopic (exact) mass is 362 g/mol. The number of hydrogen-bond acceptors (Lipinski definition) is 6. The van der Waals surface area contributed by atoms with Crippen molar-refractivity contribution in [3.63, 3.8) is 0 Å². The van der Waals surface area contributed by atoms with Gasteiger partial charge in [-0.3, -0.25) is 14.9 Å². The first kappa shape index (κ1) is 16.9. The van der Waals surface area contributed by atoms with E-state index >= 15 is 0 Å². The Labute approximate surface area is 143 Å². The van der Waals surface area contributed by atoms with E-state index in [1.54, 1.807) is 11.0 Å². The van der Waals surface area contributed by atoms with Crippen molar-refractivity contribution in [2.75, 3.05) is 11.4 Å². The molecule has 0 bridgehead atoms.